The first-order chi connectivity index (χ1) is 22.1. The molecular formula is C36H37BrClN3O4S. The van der Waals surface area contributed by atoms with Crippen molar-refractivity contribution >= 4 is 55.1 Å². The van der Waals surface area contributed by atoms with Gasteiger partial charge in [0.25, 0.3) is 10.0 Å². The minimum atomic E-state index is -4.21. The van der Waals surface area contributed by atoms with Crippen molar-refractivity contribution < 1.29 is 18.0 Å². The fourth-order valence-electron chi connectivity index (χ4n) is 5.85. The number of sulfonamides is 1. The number of benzene rings is 4. The van der Waals surface area contributed by atoms with Gasteiger partial charge >= 0.3 is 0 Å². The Balaban J connectivity index is 1.59. The normalized spacial score (nSPS) is 14.1. The highest BCUT2D eigenvalue weighted by Gasteiger charge is 2.36. The number of nitrogens with one attached hydrogen (secondary N) is 1. The van der Waals surface area contributed by atoms with Crippen LogP contribution in [0.2, 0.25) is 5.02 Å². The van der Waals surface area contributed by atoms with Gasteiger partial charge in [0.05, 0.1) is 10.6 Å². The molecule has 4 aromatic rings. The molecule has 240 valence electrons. The van der Waals surface area contributed by atoms with Crippen molar-refractivity contribution in [3.8, 4) is 0 Å². The van der Waals surface area contributed by atoms with E-state index in [1.165, 1.54) is 17.0 Å². The van der Waals surface area contributed by atoms with Crippen LogP contribution >= 0.6 is 27.5 Å². The number of hydrogen-bond donors (Lipinski definition) is 1. The Bertz CT molecular complexity index is 1770. The minimum absolute atomic E-state index is 0.0395. The van der Waals surface area contributed by atoms with Gasteiger partial charge in [-0.2, -0.15) is 0 Å². The van der Waals surface area contributed by atoms with Gasteiger partial charge in [-0.25, -0.2) is 8.42 Å². The average molecular weight is 723 g/mol. The summed E-state index contributed by atoms with van der Waals surface area (Å²) in [7, 11) is -4.21. The van der Waals surface area contributed by atoms with E-state index in [4.69, 9.17) is 11.6 Å². The van der Waals surface area contributed by atoms with Gasteiger partial charge < -0.3 is 10.2 Å². The summed E-state index contributed by atoms with van der Waals surface area (Å²) in [5.74, 6) is -0.767. The Labute approximate surface area is 284 Å². The standard InChI is InChI=1S/C36H37BrClN3O4S/c1-26-32(38)20-11-21-33(26)41(46(44,45)31-18-6-3-7-19-31)25-35(42)40(24-28-14-10-15-29(37)22-28)34(23-27-12-4-2-5-13-27)36(43)39-30-16-8-9-17-30/h2-7,10-15,18-22,30,34H,8-9,16-17,23-25H2,1H3,(H,39,43). The number of carbonyl (C=O) groups excluding carboxylic acids is 2. The van der Waals surface area contributed by atoms with Crippen molar-refractivity contribution in [1.29, 1.82) is 0 Å². The molecule has 0 saturated heterocycles. The largest absolute Gasteiger partial charge is 0.352 e. The molecule has 0 heterocycles. The van der Waals surface area contributed by atoms with Crippen LogP contribution in [0.15, 0.2) is 112 Å². The lowest BCUT2D eigenvalue weighted by atomic mass is 10.0. The lowest BCUT2D eigenvalue weighted by molar-refractivity contribution is -0.140. The highest BCUT2D eigenvalue weighted by Crippen LogP contribution is 2.31. The van der Waals surface area contributed by atoms with Gasteiger partial charge in [0.1, 0.15) is 12.6 Å². The first kappa shape index (κ1) is 33.7. The fraction of sp³-hybridized carbons (Fsp3) is 0.278. The molecule has 1 fully saturated rings. The fourth-order valence-corrected chi connectivity index (χ4v) is 7.96. The lowest BCUT2D eigenvalue weighted by Gasteiger charge is -2.34. The second-order valence-electron chi connectivity index (χ2n) is 11.6. The molecule has 0 spiro atoms. The Hall–Kier alpha value is -3.66. The summed E-state index contributed by atoms with van der Waals surface area (Å²) in [5.41, 5.74) is 2.50. The number of hydrogen-bond acceptors (Lipinski definition) is 4. The molecule has 2 amide bonds. The molecule has 4 aromatic carbocycles. The number of halogens is 2. The Morgan fingerprint density at radius 3 is 2.20 bits per heavy atom. The second-order valence-corrected chi connectivity index (χ2v) is 14.7. The Kier molecular flexibility index (Phi) is 11.2. The van der Waals surface area contributed by atoms with Crippen molar-refractivity contribution in [2.75, 3.05) is 10.8 Å². The molecule has 0 bridgehead atoms. The minimum Gasteiger partial charge on any atom is -0.352 e. The first-order valence-corrected chi connectivity index (χ1v) is 18.0. The van der Waals surface area contributed by atoms with E-state index in [-0.39, 0.29) is 29.8 Å². The molecule has 1 aliphatic rings. The molecule has 10 heteroatoms. The van der Waals surface area contributed by atoms with E-state index in [2.05, 4.69) is 21.2 Å². The number of amides is 2. The molecule has 1 unspecified atom stereocenters. The summed E-state index contributed by atoms with van der Waals surface area (Å²) in [5, 5.41) is 3.57. The van der Waals surface area contributed by atoms with Crippen molar-refractivity contribution in [1.82, 2.24) is 10.2 Å². The van der Waals surface area contributed by atoms with Crippen LogP contribution in [0.25, 0.3) is 0 Å². The summed E-state index contributed by atoms with van der Waals surface area (Å²) in [6.07, 6.45) is 4.13. The van der Waals surface area contributed by atoms with E-state index >= 15 is 0 Å². The van der Waals surface area contributed by atoms with Crippen molar-refractivity contribution in [2.45, 2.75) is 62.6 Å². The number of anilines is 1. The van der Waals surface area contributed by atoms with Gasteiger partial charge in [-0.3, -0.25) is 13.9 Å². The predicted molar refractivity (Wildman–Crippen MR) is 186 cm³/mol. The maximum atomic E-state index is 14.7. The van der Waals surface area contributed by atoms with Crippen LogP contribution in [0.4, 0.5) is 5.69 Å². The third-order valence-electron chi connectivity index (χ3n) is 8.33. The third-order valence-corrected chi connectivity index (χ3v) is 11.0. The van der Waals surface area contributed by atoms with Crippen LogP contribution in [0.1, 0.15) is 42.4 Å². The van der Waals surface area contributed by atoms with Crippen molar-refractivity contribution in [3.05, 3.63) is 129 Å². The first-order valence-electron chi connectivity index (χ1n) is 15.3. The number of rotatable bonds is 12. The van der Waals surface area contributed by atoms with Gasteiger partial charge in [-0.15, -0.1) is 0 Å². The monoisotopic (exact) mass is 721 g/mol. The summed E-state index contributed by atoms with van der Waals surface area (Å²) in [4.78, 5) is 30.3. The lowest BCUT2D eigenvalue weighted by Crippen LogP contribution is -2.54. The van der Waals surface area contributed by atoms with Crippen LogP contribution in [-0.2, 0) is 32.6 Å². The molecule has 7 nitrogen and oxygen atoms in total. The van der Waals surface area contributed by atoms with Gasteiger partial charge in [-0.1, -0.05) is 107 Å². The number of nitrogens with zero attached hydrogens (tertiary/aromatic N) is 2. The number of carbonyl (C=O) groups is 2. The molecule has 0 aromatic heterocycles. The van der Waals surface area contributed by atoms with E-state index in [0.29, 0.717) is 16.3 Å². The molecule has 5 rings (SSSR count). The van der Waals surface area contributed by atoms with E-state index in [1.54, 1.807) is 43.3 Å². The van der Waals surface area contributed by atoms with Gasteiger partial charge in [0.2, 0.25) is 11.8 Å². The molecule has 1 saturated carbocycles. The molecule has 0 aliphatic heterocycles. The van der Waals surface area contributed by atoms with Crippen LogP contribution in [0.5, 0.6) is 0 Å². The van der Waals surface area contributed by atoms with E-state index in [0.717, 1.165) is 45.6 Å². The molecule has 1 aliphatic carbocycles. The van der Waals surface area contributed by atoms with Gasteiger partial charge in [0.15, 0.2) is 0 Å². The SMILES string of the molecule is Cc1c(Cl)cccc1N(CC(=O)N(Cc1cccc(Br)c1)C(Cc1ccccc1)C(=O)NC1CCCC1)S(=O)(=O)c1ccccc1. The molecule has 1 atom stereocenters. The van der Waals surface area contributed by atoms with E-state index < -0.39 is 28.5 Å². The average Bonchev–Trinajstić information content (AvgIpc) is 3.57. The Morgan fingerprint density at radius 2 is 1.52 bits per heavy atom. The zero-order valence-electron chi connectivity index (χ0n) is 25.6. The third kappa shape index (κ3) is 8.18. The summed E-state index contributed by atoms with van der Waals surface area (Å²) >= 11 is 9.99. The highest BCUT2D eigenvalue weighted by molar-refractivity contribution is 9.10. The maximum absolute atomic E-state index is 14.7. The van der Waals surface area contributed by atoms with Crippen LogP contribution in [0, 0.1) is 6.92 Å². The molecule has 0 radical (unpaired) electrons. The highest BCUT2D eigenvalue weighted by atomic mass is 79.9. The molecule has 1 N–H and O–H groups in total. The van der Waals surface area contributed by atoms with Gasteiger partial charge in [-0.05, 0) is 72.9 Å². The topological polar surface area (TPSA) is 86.8 Å². The predicted octanol–water partition coefficient (Wildman–Crippen LogP) is 7.31. The molecule has 46 heavy (non-hydrogen) atoms. The smallest absolute Gasteiger partial charge is 0.264 e. The summed E-state index contributed by atoms with van der Waals surface area (Å²) in [6, 6.07) is 29.2. The summed E-state index contributed by atoms with van der Waals surface area (Å²) in [6.45, 7) is 1.29. The van der Waals surface area contributed by atoms with E-state index in [9.17, 15) is 18.0 Å². The van der Waals surface area contributed by atoms with Crippen molar-refractivity contribution in [2.24, 2.45) is 0 Å². The Morgan fingerprint density at radius 1 is 0.891 bits per heavy atom. The molecular weight excluding hydrogens is 686 g/mol. The second kappa shape index (κ2) is 15.3. The van der Waals surface area contributed by atoms with Crippen LogP contribution in [0.3, 0.4) is 0 Å². The maximum Gasteiger partial charge on any atom is 0.264 e. The van der Waals surface area contributed by atoms with E-state index in [1.807, 2.05) is 54.6 Å². The zero-order chi connectivity index (χ0) is 32.7. The zero-order valence-corrected chi connectivity index (χ0v) is 28.8. The quantitative estimate of drug-likeness (QED) is 0.166. The summed E-state index contributed by atoms with van der Waals surface area (Å²) < 4.78 is 30.4. The van der Waals surface area contributed by atoms with Crippen LogP contribution in [-0.4, -0.2) is 43.8 Å². The van der Waals surface area contributed by atoms with Crippen molar-refractivity contribution in [3.63, 3.8) is 0 Å². The van der Waals surface area contributed by atoms with Gasteiger partial charge in [0, 0.05) is 28.5 Å². The van der Waals surface area contributed by atoms with Crippen LogP contribution < -0.4 is 9.62 Å².